The van der Waals surface area contributed by atoms with Gasteiger partial charge in [-0.25, -0.2) is 0 Å². The van der Waals surface area contributed by atoms with Crippen LogP contribution in [0, 0.1) is 5.41 Å². The van der Waals surface area contributed by atoms with Gasteiger partial charge in [-0.05, 0) is 40.7 Å². The van der Waals surface area contributed by atoms with E-state index >= 15 is 0 Å². The number of carbonyl (C=O) groups excluding carboxylic acids is 1. The van der Waals surface area contributed by atoms with Crippen molar-refractivity contribution in [3.63, 3.8) is 0 Å². The molecule has 1 saturated heterocycles. The summed E-state index contributed by atoms with van der Waals surface area (Å²) in [6.07, 6.45) is 4.53. The van der Waals surface area contributed by atoms with Crippen LogP contribution >= 0.6 is 0 Å². The van der Waals surface area contributed by atoms with Gasteiger partial charge in [-0.15, -0.1) is 0 Å². The zero-order valence-electron chi connectivity index (χ0n) is 17.7. The minimum atomic E-state index is -2.49. The Labute approximate surface area is 178 Å². The number of aromatic nitrogens is 2. The van der Waals surface area contributed by atoms with Gasteiger partial charge in [0.1, 0.15) is 0 Å². The van der Waals surface area contributed by atoms with E-state index in [1.807, 2.05) is 17.0 Å². The van der Waals surface area contributed by atoms with Crippen molar-refractivity contribution in [2.75, 3.05) is 26.3 Å². The molecule has 0 radical (unpaired) electrons. The predicted octanol–water partition coefficient (Wildman–Crippen LogP) is 3.43. The summed E-state index contributed by atoms with van der Waals surface area (Å²) in [7, 11) is -2.49. The molecule has 1 aromatic heterocycles. The van der Waals surface area contributed by atoms with E-state index in [0.717, 1.165) is 39.5 Å². The third kappa shape index (κ3) is 2.61. The quantitative estimate of drug-likeness (QED) is 0.589. The molecule has 0 bridgehead atoms. The molecule has 0 spiro atoms. The van der Waals surface area contributed by atoms with Crippen LogP contribution in [-0.4, -0.2) is 51.1 Å². The zero-order chi connectivity index (χ0) is 20.7. The second kappa shape index (κ2) is 6.26. The molecule has 2 aromatic rings. The molecule has 1 amide bonds. The maximum atomic E-state index is 13.6. The largest absolute Gasteiger partial charge is 0.378 e. The molecular weight excluding hydrogens is 398 g/mol. The maximum Gasteiger partial charge on any atom is 0.274 e. The van der Waals surface area contributed by atoms with Crippen LogP contribution < -0.4 is 0 Å². The van der Waals surface area contributed by atoms with E-state index in [0.29, 0.717) is 37.8 Å². The molecule has 6 nitrogen and oxygen atoms in total. The predicted molar refractivity (Wildman–Crippen MR) is 115 cm³/mol. The van der Waals surface area contributed by atoms with Gasteiger partial charge >= 0.3 is 0 Å². The van der Waals surface area contributed by atoms with Gasteiger partial charge in [0.05, 0.1) is 24.9 Å². The second-order valence-electron chi connectivity index (χ2n) is 10.0. The number of carbonyl (C=O) groups is 1. The number of hydrogen-bond donors (Lipinski definition) is 1. The highest BCUT2D eigenvalue weighted by Crippen LogP contribution is 2.59. The summed E-state index contributed by atoms with van der Waals surface area (Å²) in [5, 5.41) is 4.97. The number of fused-ring (bicyclic) bond motifs is 3. The average molecular weight is 428 g/mol. The highest BCUT2D eigenvalue weighted by Gasteiger charge is 2.49. The normalized spacial score (nSPS) is 26.5. The standard InChI is InChI=1S/C23H29N3O3S/c1-23(2)8-4-5-15(13-23)26-20-16-6-3-7-18-21(16)30(18,28)14-17(20)19(24-26)22(27)25-9-11-29-12-10-25/h3,6-7,15,30H,4-5,8-14H2,1-2H3. The lowest BCUT2D eigenvalue weighted by molar-refractivity contribution is 0.0297. The van der Waals surface area contributed by atoms with Crippen molar-refractivity contribution in [2.24, 2.45) is 5.41 Å². The molecule has 1 unspecified atom stereocenters. The van der Waals surface area contributed by atoms with Crippen molar-refractivity contribution in [1.82, 2.24) is 14.7 Å². The minimum Gasteiger partial charge on any atom is -0.378 e. The highest BCUT2D eigenvalue weighted by molar-refractivity contribution is 8.07. The Bertz CT molecular complexity index is 1110. The van der Waals surface area contributed by atoms with Crippen LogP contribution in [0.1, 0.15) is 61.6 Å². The van der Waals surface area contributed by atoms with Crippen molar-refractivity contribution in [3.8, 4) is 11.3 Å². The van der Waals surface area contributed by atoms with Crippen molar-refractivity contribution in [1.29, 1.82) is 0 Å². The van der Waals surface area contributed by atoms with Crippen LogP contribution in [0.3, 0.4) is 0 Å². The van der Waals surface area contributed by atoms with Gasteiger partial charge in [-0.2, -0.15) is 5.10 Å². The second-order valence-corrected chi connectivity index (χ2v) is 12.7. The lowest BCUT2D eigenvalue weighted by Gasteiger charge is -2.36. The Morgan fingerprint density at radius 2 is 2.07 bits per heavy atom. The first-order valence-electron chi connectivity index (χ1n) is 11.1. The lowest BCUT2D eigenvalue weighted by Crippen LogP contribution is -2.41. The van der Waals surface area contributed by atoms with Crippen LogP contribution in [-0.2, 0) is 20.4 Å². The summed E-state index contributed by atoms with van der Waals surface area (Å²) in [6, 6.07) is 6.36. The number of nitrogens with zero attached hydrogens (tertiary/aromatic N) is 3. The van der Waals surface area contributed by atoms with E-state index in [-0.39, 0.29) is 17.4 Å². The smallest absolute Gasteiger partial charge is 0.274 e. The fourth-order valence-corrected chi connectivity index (χ4v) is 8.90. The van der Waals surface area contributed by atoms with Crippen molar-refractivity contribution in [3.05, 3.63) is 29.5 Å². The molecule has 7 heteroatoms. The van der Waals surface area contributed by atoms with Gasteiger partial charge in [0.15, 0.2) is 5.69 Å². The number of rotatable bonds is 2. The molecule has 30 heavy (non-hydrogen) atoms. The van der Waals surface area contributed by atoms with E-state index in [9.17, 15) is 9.00 Å². The zero-order valence-corrected chi connectivity index (χ0v) is 18.6. The summed E-state index contributed by atoms with van der Waals surface area (Å²) in [6.45, 7) is 6.96. The van der Waals surface area contributed by atoms with Crippen molar-refractivity contribution >= 4 is 15.8 Å². The minimum absolute atomic E-state index is 0.0339. The van der Waals surface area contributed by atoms with Crippen LogP contribution in [0.5, 0.6) is 0 Å². The van der Waals surface area contributed by atoms with Gasteiger partial charge in [-0.3, -0.25) is 13.7 Å². The van der Waals surface area contributed by atoms with Crippen molar-refractivity contribution < 1.29 is 13.7 Å². The van der Waals surface area contributed by atoms with Crippen LogP contribution in [0.15, 0.2) is 28.0 Å². The Hall–Kier alpha value is -1.99. The number of ether oxygens (including phenoxy) is 1. The van der Waals surface area contributed by atoms with E-state index < -0.39 is 9.93 Å². The molecule has 1 atom stereocenters. The molecular formula is C23H29N3O3S. The van der Waals surface area contributed by atoms with E-state index in [1.165, 1.54) is 12.8 Å². The molecule has 1 aromatic carbocycles. The van der Waals surface area contributed by atoms with Gasteiger partial charge in [0.25, 0.3) is 5.91 Å². The monoisotopic (exact) mass is 427 g/mol. The number of amides is 1. The first kappa shape index (κ1) is 18.8. The van der Waals surface area contributed by atoms with Gasteiger partial charge in [0, 0.05) is 39.8 Å². The molecule has 0 N–H and O–H groups in total. The summed E-state index contributed by atoms with van der Waals surface area (Å²) in [5.74, 6) is 0.421. The Morgan fingerprint density at radius 1 is 1.27 bits per heavy atom. The third-order valence-corrected chi connectivity index (χ3v) is 10.3. The molecule has 4 heterocycles. The summed E-state index contributed by atoms with van der Waals surface area (Å²) in [4.78, 5) is 17.4. The summed E-state index contributed by atoms with van der Waals surface area (Å²) in [5.41, 5.74) is 3.80. The molecule has 4 aliphatic rings. The molecule has 2 fully saturated rings. The topological polar surface area (TPSA) is 64.4 Å². The van der Waals surface area contributed by atoms with Crippen LogP contribution in [0.4, 0.5) is 0 Å². The first-order chi connectivity index (χ1) is 14.4. The van der Waals surface area contributed by atoms with Crippen LogP contribution in [0.2, 0.25) is 0 Å². The van der Waals surface area contributed by atoms with Gasteiger partial charge < -0.3 is 9.64 Å². The maximum absolute atomic E-state index is 13.6. The van der Waals surface area contributed by atoms with Crippen LogP contribution in [0.25, 0.3) is 11.3 Å². The lowest BCUT2D eigenvalue weighted by atomic mass is 9.75. The fraction of sp³-hybridized carbons (Fsp3) is 0.565. The first-order valence-corrected chi connectivity index (χ1v) is 13.0. The molecule has 1 aliphatic carbocycles. The summed E-state index contributed by atoms with van der Waals surface area (Å²) >= 11 is 0. The third-order valence-electron chi connectivity index (χ3n) is 7.39. The number of thiol groups is 1. The molecule has 3 aliphatic heterocycles. The van der Waals surface area contributed by atoms with Gasteiger partial charge in [0.2, 0.25) is 0 Å². The number of hydrogen-bond acceptors (Lipinski definition) is 4. The molecule has 6 rings (SSSR count). The summed E-state index contributed by atoms with van der Waals surface area (Å²) < 4.78 is 21.1. The Balaban J connectivity index is 1.50. The Morgan fingerprint density at radius 3 is 2.83 bits per heavy atom. The number of morpholine rings is 1. The van der Waals surface area contributed by atoms with Crippen molar-refractivity contribution in [2.45, 2.75) is 61.1 Å². The van der Waals surface area contributed by atoms with E-state index in [4.69, 9.17) is 9.84 Å². The fourth-order valence-electron chi connectivity index (χ4n) is 5.83. The van der Waals surface area contributed by atoms with E-state index in [1.54, 1.807) is 0 Å². The van der Waals surface area contributed by atoms with E-state index in [2.05, 4.69) is 24.6 Å². The molecule has 1 saturated carbocycles. The molecule has 160 valence electrons. The Kier molecular flexibility index (Phi) is 3.92. The SMILES string of the molecule is CC1(C)CCCC(n2nc(C(=O)N3CCOCC3)c3c2-c2cccc4c2[SH]4(=O)C3)C1. The average Bonchev–Trinajstić information content (AvgIpc) is 3.16. The van der Waals surface area contributed by atoms with Gasteiger partial charge in [-0.1, -0.05) is 32.4 Å². The highest BCUT2D eigenvalue weighted by atomic mass is 32.3. The number of benzene rings is 1.